The van der Waals surface area contributed by atoms with Crippen LogP contribution in [0.2, 0.25) is 5.28 Å². The molecular weight excluding hydrogens is 238 g/mol. The van der Waals surface area contributed by atoms with Crippen LogP contribution in [0.4, 0.5) is 5.82 Å². The van der Waals surface area contributed by atoms with E-state index in [0.717, 1.165) is 11.4 Å². The van der Waals surface area contributed by atoms with Crippen LogP contribution in [0.15, 0.2) is 6.20 Å². The average molecular weight is 254 g/mol. The molecular formula is C12H16ClN3O. The van der Waals surface area contributed by atoms with Crippen LogP contribution in [0.1, 0.15) is 33.3 Å². The molecule has 0 amide bonds. The molecule has 0 fully saturated rings. The average Bonchev–Trinajstić information content (AvgIpc) is 2.19. The quantitative estimate of drug-likeness (QED) is 0.721. The number of hydrogen-bond donors (Lipinski definition) is 0. The maximum Gasteiger partial charge on any atom is 0.224 e. The molecule has 2 heterocycles. The maximum absolute atomic E-state index is 12.1. The number of anilines is 1. The number of aromatic nitrogens is 2. The molecule has 0 unspecified atom stereocenters. The van der Waals surface area contributed by atoms with Gasteiger partial charge in [-0.05, 0) is 39.3 Å². The van der Waals surface area contributed by atoms with Gasteiger partial charge in [-0.25, -0.2) is 9.97 Å². The van der Waals surface area contributed by atoms with Gasteiger partial charge in [0, 0.05) is 24.2 Å². The van der Waals surface area contributed by atoms with Gasteiger partial charge in [0.15, 0.2) is 5.78 Å². The van der Waals surface area contributed by atoms with Gasteiger partial charge < -0.3 is 4.90 Å². The first-order valence-corrected chi connectivity index (χ1v) is 6.06. The smallest absolute Gasteiger partial charge is 0.224 e. The van der Waals surface area contributed by atoms with Gasteiger partial charge in [0.05, 0.1) is 5.54 Å². The standard InChI is InChI=1S/C12H16ClN3O/c1-7(2)16-10-8(6-14-11(13)15-10)5-9(17)12(16,3)4/h6-7H,5H2,1-4H3. The highest BCUT2D eigenvalue weighted by molar-refractivity contribution is 6.28. The van der Waals surface area contributed by atoms with Gasteiger partial charge >= 0.3 is 0 Å². The van der Waals surface area contributed by atoms with Gasteiger partial charge in [-0.3, -0.25) is 4.79 Å². The number of halogens is 1. The minimum absolute atomic E-state index is 0.180. The van der Waals surface area contributed by atoms with E-state index in [4.69, 9.17) is 11.6 Å². The van der Waals surface area contributed by atoms with E-state index in [2.05, 4.69) is 9.97 Å². The second-order valence-corrected chi connectivity index (χ2v) is 5.45. The fourth-order valence-electron chi connectivity index (χ4n) is 2.39. The number of ketones is 1. The zero-order valence-electron chi connectivity index (χ0n) is 10.5. The molecule has 1 aliphatic heterocycles. The Balaban J connectivity index is 2.61. The molecule has 17 heavy (non-hydrogen) atoms. The zero-order chi connectivity index (χ0) is 12.8. The third-order valence-electron chi connectivity index (χ3n) is 3.19. The number of carbonyl (C=O) groups is 1. The van der Waals surface area contributed by atoms with E-state index >= 15 is 0 Å². The molecule has 0 aromatic carbocycles. The Hall–Kier alpha value is -1.16. The first kappa shape index (κ1) is 12.3. The van der Waals surface area contributed by atoms with Crippen LogP contribution in [0, 0.1) is 0 Å². The summed E-state index contributed by atoms with van der Waals surface area (Å²) in [6, 6.07) is 0.180. The Morgan fingerprint density at radius 3 is 2.71 bits per heavy atom. The van der Waals surface area contributed by atoms with E-state index in [1.807, 2.05) is 32.6 Å². The van der Waals surface area contributed by atoms with Crippen molar-refractivity contribution in [3.05, 3.63) is 17.0 Å². The lowest BCUT2D eigenvalue weighted by Gasteiger charge is -2.45. The van der Waals surface area contributed by atoms with Gasteiger partial charge in [-0.1, -0.05) is 0 Å². The van der Waals surface area contributed by atoms with Crippen molar-refractivity contribution in [2.24, 2.45) is 0 Å². The molecule has 0 bridgehead atoms. The highest BCUT2D eigenvalue weighted by atomic mass is 35.5. The number of hydrogen-bond acceptors (Lipinski definition) is 4. The zero-order valence-corrected chi connectivity index (χ0v) is 11.2. The molecule has 0 radical (unpaired) electrons. The second kappa shape index (κ2) is 3.95. The number of carbonyl (C=O) groups excluding carboxylic acids is 1. The van der Waals surface area contributed by atoms with Crippen molar-refractivity contribution >= 4 is 23.2 Å². The first-order chi connectivity index (χ1) is 7.84. The number of nitrogens with zero attached hydrogens (tertiary/aromatic N) is 3. The molecule has 92 valence electrons. The molecule has 0 saturated heterocycles. The largest absolute Gasteiger partial charge is 0.342 e. The summed E-state index contributed by atoms with van der Waals surface area (Å²) in [6.07, 6.45) is 2.02. The summed E-state index contributed by atoms with van der Waals surface area (Å²) in [6.45, 7) is 7.93. The Labute approximate surface area is 106 Å². The van der Waals surface area contributed by atoms with E-state index < -0.39 is 5.54 Å². The summed E-state index contributed by atoms with van der Waals surface area (Å²) in [4.78, 5) is 22.4. The highest BCUT2D eigenvalue weighted by Crippen LogP contribution is 2.35. The monoisotopic (exact) mass is 253 g/mol. The molecule has 1 aliphatic rings. The molecule has 4 nitrogen and oxygen atoms in total. The Bertz CT molecular complexity index is 471. The maximum atomic E-state index is 12.1. The van der Waals surface area contributed by atoms with Crippen molar-refractivity contribution in [2.75, 3.05) is 4.90 Å². The first-order valence-electron chi connectivity index (χ1n) is 5.68. The van der Waals surface area contributed by atoms with Crippen LogP contribution >= 0.6 is 11.6 Å². The molecule has 1 aromatic rings. The van der Waals surface area contributed by atoms with E-state index in [-0.39, 0.29) is 17.1 Å². The molecule has 2 rings (SSSR count). The minimum Gasteiger partial charge on any atom is -0.342 e. The Morgan fingerprint density at radius 1 is 1.47 bits per heavy atom. The van der Waals surface area contributed by atoms with Crippen molar-refractivity contribution in [2.45, 2.75) is 45.7 Å². The van der Waals surface area contributed by atoms with Crippen LogP contribution in [0.25, 0.3) is 0 Å². The van der Waals surface area contributed by atoms with Crippen molar-refractivity contribution < 1.29 is 4.79 Å². The van der Waals surface area contributed by atoms with Crippen LogP contribution in [0.3, 0.4) is 0 Å². The molecule has 5 heteroatoms. The lowest BCUT2D eigenvalue weighted by atomic mass is 9.86. The van der Waals surface area contributed by atoms with Crippen molar-refractivity contribution in [1.29, 1.82) is 0 Å². The Kier molecular flexibility index (Phi) is 2.86. The third-order valence-corrected chi connectivity index (χ3v) is 3.37. The number of rotatable bonds is 1. The summed E-state index contributed by atoms with van der Waals surface area (Å²) in [5.41, 5.74) is 0.311. The molecule has 0 spiro atoms. The molecule has 0 saturated carbocycles. The van der Waals surface area contributed by atoms with Crippen molar-refractivity contribution in [3.63, 3.8) is 0 Å². The van der Waals surface area contributed by atoms with Crippen molar-refractivity contribution in [1.82, 2.24) is 9.97 Å². The van der Waals surface area contributed by atoms with E-state index in [1.165, 1.54) is 0 Å². The molecule has 1 aromatic heterocycles. The Morgan fingerprint density at radius 2 is 2.12 bits per heavy atom. The van der Waals surface area contributed by atoms with Gasteiger partial charge in [-0.15, -0.1) is 0 Å². The van der Waals surface area contributed by atoms with E-state index in [0.29, 0.717) is 6.42 Å². The van der Waals surface area contributed by atoms with Gasteiger partial charge in [-0.2, -0.15) is 0 Å². The van der Waals surface area contributed by atoms with E-state index in [9.17, 15) is 4.79 Å². The predicted octanol–water partition coefficient (Wildman–Crippen LogP) is 2.25. The second-order valence-electron chi connectivity index (χ2n) is 5.11. The van der Waals surface area contributed by atoms with Gasteiger partial charge in [0.1, 0.15) is 5.82 Å². The third kappa shape index (κ3) is 1.90. The normalized spacial score (nSPS) is 18.5. The summed E-state index contributed by atoms with van der Waals surface area (Å²) < 4.78 is 0. The van der Waals surface area contributed by atoms with Gasteiger partial charge in [0.2, 0.25) is 5.28 Å². The van der Waals surface area contributed by atoms with Gasteiger partial charge in [0.25, 0.3) is 0 Å². The minimum atomic E-state index is -0.543. The van der Waals surface area contributed by atoms with Crippen LogP contribution in [-0.2, 0) is 11.2 Å². The SMILES string of the molecule is CC(C)N1c2nc(Cl)ncc2CC(=O)C1(C)C. The number of fused-ring (bicyclic) bond motifs is 1. The summed E-state index contributed by atoms with van der Waals surface area (Å²) >= 11 is 5.84. The topological polar surface area (TPSA) is 46.1 Å². The highest BCUT2D eigenvalue weighted by Gasteiger charge is 2.42. The fraction of sp³-hybridized carbons (Fsp3) is 0.583. The summed E-state index contributed by atoms with van der Waals surface area (Å²) in [5, 5.41) is 0.222. The summed E-state index contributed by atoms with van der Waals surface area (Å²) in [7, 11) is 0. The van der Waals surface area contributed by atoms with E-state index in [1.54, 1.807) is 6.20 Å². The van der Waals surface area contributed by atoms with Crippen LogP contribution in [-0.4, -0.2) is 27.3 Å². The predicted molar refractivity (Wildman–Crippen MR) is 67.4 cm³/mol. The fourth-order valence-corrected chi connectivity index (χ4v) is 2.52. The molecule has 0 N–H and O–H groups in total. The van der Waals surface area contributed by atoms with Crippen LogP contribution < -0.4 is 4.90 Å². The summed E-state index contributed by atoms with van der Waals surface area (Å²) in [5.74, 6) is 0.967. The lowest BCUT2D eigenvalue weighted by molar-refractivity contribution is -0.123. The lowest BCUT2D eigenvalue weighted by Crippen LogP contribution is -2.57. The number of Topliss-reactive ketones (excluding diaryl/α,β-unsaturated/α-hetero) is 1. The molecule has 0 aliphatic carbocycles. The van der Waals surface area contributed by atoms with Crippen LogP contribution in [0.5, 0.6) is 0 Å². The molecule has 0 atom stereocenters. The van der Waals surface area contributed by atoms with Crippen molar-refractivity contribution in [3.8, 4) is 0 Å².